The summed E-state index contributed by atoms with van der Waals surface area (Å²) in [6.45, 7) is 2.39. The molecule has 3 aromatic rings. The van der Waals surface area contributed by atoms with E-state index in [9.17, 15) is 14.4 Å². The number of ether oxygens (including phenoxy) is 1. The van der Waals surface area contributed by atoms with Gasteiger partial charge in [-0.05, 0) is 66.9 Å². The van der Waals surface area contributed by atoms with Crippen molar-refractivity contribution in [3.05, 3.63) is 83.2 Å². The maximum Gasteiger partial charge on any atom is 0.409 e. The number of fused-ring (bicyclic) bond motifs is 1. The van der Waals surface area contributed by atoms with Gasteiger partial charge < -0.3 is 20.7 Å². The first-order valence-electron chi connectivity index (χ1n) is 10.1. The molecule has 2 heterocycles. The molecule has 3 amide bonds. The number of rotatable bonds is 5. The number of nitrogens with one attached hydrogen (secondary N) is 1. The highest BCUT2D eigenvalue weighted by atomic mass is 16.5. The van der Waals surface area contributed by atoms with E-state index in [0.29, 0.717) is 18.7 Å². The van der Waals surface area contributed by atoms with Crippen LogP contribution in [0.5, 0.6) is 5.75 Å². The predicted octanol–water partition coefficient (Wildman–Crippen LogP) is 3.23. The van der Waals surface area contributed by atoms with Crippen LogP contribution < -0.4 is 20.7 Å². The van der Waals surface area contributed by atoms with Gasteiger partial charge in [0.05, 0.1) is 12.0 Å². The van der Waals surface area contributed by atoms with Gasteiger partial charge in [0.15, 0.2) is 0 Å². The molecule has 8 nitrogen and oxygen atoms in total. The van der Waals surface area contributed by atoms with Gasteiger partial charge in [0.1, 0.15) is 5.75 Å². The van der Waals surface area contributed by atoms with Crippen molar-refractivity contribution in [1.82, 2.24) is 4.98 Å². The largest absolute Gasteiger partial charge is 0.410 e. The van der Waals surface area contributed by atoms with Crippen LogP contribution in [0.3, 0.4) is 0 Å². The molecule has 1 aliphatic rings. The third-order valence-corrected chi connectivity index (χ3v) is 5.18. The van der Waals surface area contributed by atoms with E-state index in [1.54, 1.807) is 35.4 Å². The van der Waals surface area contributed by atoms with Crippen LogP contribution in [-0.4, -0.2) is 29.4 Å². The quantitative estimate of drug-likeness (QED) is 0.645. The van der Waals surface area contributed by atoms with Gasteiger partial charge in [-0.15, -0.1) is 0 Å². The zero-order chi connectivity index (χ0) is 22.7. The Morgan fingerprint density at radius 2 is 1.97 bits per heavy atom. The Bertz CT molecular complexity index is 1190. The highest BCUT2D eigenvalue weighted by molar-refractivity contribution is 6.07. The fourth-order valence-electron chi connectivity index (χ4n) is 3.70. The van der Waals surface area contributed by atoms with Gasteiger partial charge in [0.2, 0.25) is 5.91 Å². The van der Waals surface area contributed by atoms with E-state index in [1.165, 1.54) is 0 Å². The second-order valence-corrected chi connectivity index (χ2v) is 7.51. The Balaban J connectivity index is 1.49. The van der Waals surface area contributed by atoms with Crippen LogP contribution in [0.2, 0.25) is 0 Å². The fourth-order valence-corrected chi connectivity index (χ4v) is 3.70. The van der Waals surface area contributed by atoms with Crippen molar-refractivity contribution >= 4 is 29.3 Å². The SMILES string of the molecule is Cc1ccc(C(=O)Nc2ccc3c(c2)CCN3C(=O)Cc2ccccn2)c(OC(N)=O)c1. The number of carbonyl (C=O) groups excluding carboxylic acids is 3. The number of hydrogen-bond acceptors (Lipinski definition) is 5. The van der Waals surface area contributed by atoms with Gasteiger partial charge in [-0.2, -0.15) is 0 Å². The molecule has 1 aliphatic heterocycles. The Labute approximate surface area is 185 Å². The summed E-state index contributed by atoms with van der Waals surface area (Å²) in [6, 6.07) is 15.8. The minimum absolute atomic E-state index is 0.0212. The zero-order valence-corrected chi connectivity index (χ0v) is 17.5. The van der Waals surface area contributed by atoms with Crippen LogP contribution in [0.4, 0.5) is 16.2 Å². The monoisotopic (exact) mass is 430 g/mol. The Kier molecular flexibility index (Phi) is 5.85. The molecular weight excluding hydrogens is 408 g/mol. The third kappa shape index (κ3) is 4.59. The van der Waals surface area contributed by atoms with Crippen LogP contribution in [0, 0.1) is 6.92 Å². The lowest BCUT2D eigenvalue weighted by molar-refractivity contribution is -0.117. The smallest absolute Gasteiger partial charge is 0.409 e. The summed E-state index contributed by atoms with van der Waals surface area (Å²) in [5, 5.41) is 2.82. The summed E-state index contributed by atoms with van der Waals surface area (Å²) in [5.41, 5.74) is 9.24. The zero-order valence-electron chi connectivity index (χ0n) is 17.5. The maximum atomic E-state index is 12.8. The molecule has 0 unspecified atom stereocenters. The fraction of sp³-hybridized carbons (Fsp3) is 0.167. The average Bonchev–Trinajstić information content (AvgIpc) is 3.17. The molecule has 0 saturated carbocycles. The topological polar surface area (TPSA) is 115 Å². The number of nitrogens with zero attached hydrogens (tertiary/aromatic N) is 2. The summed E-state index contributed by atoms with van der Waals surface area (Å²) in [7, 11) is 0. The van der Waals surface area contributed by atoms with Crippen molar-refractivity contribution in [2.75, 3.05) is 16.8 Å². The van der Waals surface area contributed by atoms with E-state index in [2.05, 4.69) is 10.3 Å². The summed E-state index contributed by atoms with van der Waals surface area (Å²) in [4.78, 5) is 42.7. The third-order valence-electron chi connectivity index (χ3n) is 5.18. The van der Waals surface area contributed by atoms with E-state index in [4.69, 9.17) is 10.5 Å². The first kappa shape index (κ1) is 21.0. The minimum Gasteiger partial charge on any atom is -0.410 e. The number of amides is 3. The van der Waals surface area contributed by atoms with Crippen molar-refractivity contribution < 1.29 is 19.1 Å². The number of benzene rings is 2. The average molecular weight is 430 g/mol. The second kappa shape index (κ2) is 8.89. The molecule has 162 valence electrons. The molecule has 4 rings (SSSR count). The molecule has 3 N–H and O–H groups in total. The van der Waals surface area contributed by atoms with Crippen molar-refractivity contribution in [2.24, 2.45) is 5.73 Å². The lowest BCUT2D eigenvalue weighted by Gasteiger charge is -2.17. The lowest BCUT2D eigenvalue weighted by Crippen LogP contribution is -2.30. The van der Waals surface area contributed by atoms with Crippen molar-refractivity contribution in [3.63, 3.8) is 0 Å². The van der Waals surface area contributed by atoms with Crippen LogP contribution >= 0.6 is 0 Å². The van der Waals surface area contributed by atoms with Gasteiger partial charge >= 0.3 is 6.09 Å². The van der Waals surface area contributed by atoms with Crippen molar-refractivity contribution in [3.8, 4) is 5.75 Å². The lowest BCUT2D eigenvalue weighted by atomic mass is 10.1. The summed E-state index contributed by atoms with van der Waals surface area (Å²) < 4.78 is 4.98. The summed E-state index contributed by atoms with van der Waals surface area (Å²) >= 11 is 0. The van der Waals surface area contributed by atoms with E-state index >= 15 is 0 Å². The molecule has 0 saturated heterocycles. The summed E-state index contributed by atoms with van der Waals surface area (Å²) in [5.74, 6) is -0.350. The highest BCUT2D eigenvalue weighted by Crippen LogP contribution is 2.31. The Morgan fingerprint density at radius 3 is 2.72 bits per heavy atom. The van der Waals surface area contributed by atoms with Gasteiger partial charge in [0, 0.05) is 29.8 Å². The Hall–Kier alpha value is -4.20. The number of carbonyl (C=O) groups is 3. The van der Waals surface area contributed by atoms with Crippen LogP contribution in [0.15, 0.2) is 60.8 Å². The van der Waals surface area contributed by atoms with Gasteiger partial charge in [-0.3, -0.25) is 14.6 Å². The van der Waals surface area contributed by atoms with Crippen LogP contribution in [-0.2, 0) is 17.6 Å². The van der Waals surface area contributed by atoms with E-state index in [0.717, 1.165) is 22.5 Å². The molecular formula is C24H22N4O4. The van der Waals surface area contributed by atoms with Gasteiger partial charge in [0.25, 0.3) is 5.91 Å². The minimum atomic E-state index is -0.988. The molecule has 0 spiro atoms. The van der Waals surface area contributed by atoms with Crippen molar-refractivity contribution in [2.45, 2.75) is 19.8 Å². The first-order chi connectivity index (χ1) is 15.4. The number of pyridine rings is 1. The molecule has 2 aromatic carbocycles. The number of hydrogen-bond donors (Lipinski definition) is 2. The molecule has 8 heteroatoms. The molecule has 0 radical (unpaired) electrons. The van der Waals surface area contributed by atoms with Crippen molar-refractivity contribution in [1.29, 1.82) is 0 Å². The molecule has 32 heavy (non-hydrogen) atoms. The van der Waals surface area contributed by atoms with E-state index in [1.807, 2.05) is 37.3 Å². The second-order valence-electron chi connectivity index (χ2n) is 7.51. The molecule has 0 fully saturated rings. The van der Waals surface area contributed by atoms with E-state index < -0.39 is 12.0 Å². The first-order valence-corrected chi connectivity index (χ1v) is 10.1. The van der Waals surface area contributed by atoms with Crippen LogP contribution in [0.25, 0.3) is 0 Å². The van der Waals surface area contributed by atoms with E-state index in [-0.39, 0.29) is 23.6 Å². The predicted molar refractivity (Wildman–Crippen MR) is 120 cm³/mol. The molecule has 0 atom stereocenters. The number of aromatic nitrogens is 1. The number of aryl methyl sites for hydroxylation is 1. The Morgan fingerprint density at radius 1 is 1.12 bits per heavy atom. The number of anilines is 2. The highest BCUT2D eigenvalue weighted by Gasteiger charge is 2.25. The number of primary amides is 1. The maximum absolute atomic E-state index is 12.8. The van der Waals surface area contributed by atoms with Crippen LogP contribution in [0.1, 0.15) is 27.2 Å². The molecule has 1 aromatic heterocycles. The van der Waals surface area contributed by atoms with Gasteiger partial charge in [-0.1, -0.05) is 12.1 Å². The van der Waals surface area contributed by atoms with Gasteiger partial charge in [-0.25, -0.2) is 4.79 Å². The standard InChI is InChI=1S/C24H22N4O4/c1-15-5-7-19(21(12-15)32-24(25)31)23(30)27-18-6-8-20-16(13-18)9-11-28(20)22(29)14-17-4-2-3-10-26-17/h2-8,10,12-13H,9,11,14H2,1H3,(H2,25,31)(H,27,30). The molecule has 0 bridgehead atoms. The normalized spacial score (nSPS) is 12.2. The summed E-state index contributed by atoms with van der Waals surface area (Å²) in [6.07, 6.45) is 1.60. The molecule has 0 aliphatic carbocycles. The number of nitrogens with two attached hydrogens (primary N) is 1.